The number of hydrogen-bond donors (Lipinski definition) is 2. The van der Waals surface area contributed by atoms with Crippen LogP contribution in [0.3, 0.4) is 0 Å². The van der Waals surface area contributed by atoms with Gasteiger partial charge in [-0.15, -0.1) is 0 Å². The van der Waals surface area contributed by atoms with Crippen molar-refractivity contribution in [3.05, 3.63) is 120 Å². The van der Waals surface area contributed by atoms with Crippen LogP contribution in [0.5, 0.6) is 0 Å². The van der Waals surface area contributed by atoms with E-state index in [9.17, 15) is 25.9 Å². The van der Waals surface area contributed by atoms with Crippen molar-refractivity contribution >= 4 is 80.7 Å². The van der Waals surface area contributed by atoms with Crippen LogP contribution in [0.4, 0.5) is 22.7 Å². The first-order valence-corrected chi connectivity index (χ1v) is 33.1. The van der Waals surface area contributed by atoms with E-state index in [-0.39, 0.29) is 50.6 Å². The summed E-state index contributed by atoms with van der Waals surface area (Å²) >= 11 is 0. The monoisotopic (exact) mass is 1120 g/mol. The Hall–Kier alpha value is -2.84. The Morgan fingerprint density at radius 1 is 0.351 bits per heavy atom. The maximum atomic E-state index is 12.8. The molecule has 424 valence electrons. The Kier molecular flexibility index (Phi) is 32.2. The van der Waals surface area contributed by atoms with E-state index in [0.29, 0.717) is 37.3 Å². The van der Waals surface area contributed by atoms with Crippen LogP contribution in [0.2, 0.25) is 0 Å². The first-order chi connectivity index (χ1) is 37.0. The Morgan fingerprint density at radius 3 is 0.844 bits per heavy atom. The Balaban J connectivity index is 0.000000328. The smallest absolute Gasteiger partial charge is 0.745 e. The minimum Gasteiger partial charge on any atom is -0.745 e. The number of hydrogen-bond acceptors (Lipinski definition) is 10. The Bertz CT molecular complexity index is 2230. The second-order valence-electron chi connectivity index (χ2n) is 22.0. The molecule has 0 spiro atoms. The molecule has 4 aromatic carbocycles. The number of fused-ring (bicyclic) bond motifs is 2. The van der Waals surface area contributed by atoms with Crippen LogP contribution in [0, 0.1) is 0 Å². The van der Waals surface area contributed by atoms with Gasteiger partial charge < -0.3 is 29.5 Å². The molecule has 2 unspecified atom stereocenters. The molecule has 0 radical (unpaired) electrons. The Labute approximate surface area is 498 Å². The number of anilines is 4. The molecule has 2 N–H and O–H groups in total. The second kappa shape index (κ2) is 37.2. The molecule has 0 saturated heterocycles. The fourth-order valence-electron chi connectivity index (χ4n) is 11.4. The standard InChI is InChI=1S/2C32H50N2O3S.Ca/c2*1-2-3-4-5-6-7-8-9-10-11-12-13-14-15-16-22-27-32(38(35,36)37)33-30-25-20-21-26-31(30)34(32)28-29-23-18-17-19-24-29;/h2*17-21,23-26,33H,2-16,22,27-28H2,1H3,(H,35,36,37);/q;;+2/p-2. The first-order valence-electron chi connectivity index (χ1n) is 30.2. The number of para-hydroxylation sites is 4. The summed E-state index contributed by atoms with van der Waals surface area (Å²) in [5.74, 6) is 0. The number of unbranched alkanes of at least 4 members (excludes halogenated alkanes) is 30. The Morgan fingerprint density at radius 2 is 0.584 bits per heavy atom. The topological polar surface area (TPSA) is 145 Å². The van der Waals surface area contributed by atoms with Crippen molar-refractivity contribution in [2.75, 3.05) is 20.4 Å². The van der Waals surface area contributed by atoms with Gasteiger partial charge in [0.05, 0.1) is 22.7 Å². The zero-order chi connectivity index (χ0) is 54.2. The fraction of sp³-hybridized carbons (Fsp3) is 0.625. The average molecular weight is 1120 g/mol. The predicted octanol–water partition coefficient (Wildman–Crippen LogP) is 17.6. The van der Waals surface area contributed by atoms with E-state index in [1.807, 2.05) is 109 Å². The van der Waals surface area contributed by atoms with Crippen LogP contribution in [-0.4, -0.2) is 73.7 Å². The predicted molar refractivity (Wildman–Crippen MR) is 324 cm³/mol. The molecule has 2 aliphatic rings. The van der Waals surface area contributed by atoms with Gasteiger partial charge in [-0.25, -0.2) is 16.8 Å². The van der Waals surface area contributed by atoms with Gasteiger partial charge in [0.1, 0.15) is 20.2 Å². The molecule has 6 rings (SSSR count). The van der Waals surface area contributed by atoms with Gasteiger partial charge in [0.15, 0.2) is 0 Å². The fourth-order valence-corrected chi connectivity index (χ4v) is 13.5. The maximum absolute atomic E-state index is 12.8. The van der Waals surface area contributed by atoms with E-state index < -0.39 is 30.2 Å². The summed E-state index contributed by atoms with van der Waals surface area (Å²) in [6.45, 7) is 5.27. The summed E-state index contributed by atoms with van der Waals surface area (Å²) in [6.07, 6.45) is 40.9. The minimum absolute atomic E-state index is 0. The number of benzene rings is 4. The molecule has 2 aliphatic heterocycles. The van der Waals surface area contributed by atoms with E-state index >= 15 is 0 Å². The SMILES string of the molecule is CCCCCCCCCCCCCCCCCCC1(S(=O)(=O)[O-])Nc2ccccc2N1Cc1ccccc1.CCCCCCCCCCCCCCCCCCC1(S(=O)(=O)[O-])Nc2ccccc2N1Cc1ccccc1.[Ca+2]. The van der Waals surface area contributed by atoms with Crippen molar-refractivity contribution in [3.8, 4) is 0 Å². The van der Waals surface area contributed by atoms with Gasteiger partial charge in [0, 0.05) is 25.9 Å². The van der Waals surface area contributed by atoms with Gasteiger partial charge in [-0.05, 0) is 48.2 Å². The largest absolute Gasteiger partial charge is 2.00 e. The van der Waals surface area contributed by atoms with Gasteiger partial charge in [0.2, 0.25) is 9.99 Å². The molecule has 2 atom stereocenters. The van der Waals surface area contributed by atoms with E-state index in [1.165, 1.54) is 167 Å². The van der Waals surface area contributed by atoms with E-state index in [2.05, 4.69) is 24.5 Å². The van der Waals surface area contributed by atoms with Gasteiger partial charge in [0.25, 0.3) is 0 Å². The molecule has 0 bridgehead atoms. The van der Waals surface area contributed by atoms with Crippen molar-refractivity contribution in [2.24, 2.45) is 0 Å². The van der Waals surface area contributed by atoms with Crippen LogP contribution < -0.4 is 20.4 Å². The van der Waals surface area contributed by atoms with Crippen molar-refractivity contribution < 1.29 is 25.9 Å². The number of nitrogens with zero attached hydrogens (tertiary/aromatic N) is 2. The molecular formula is C64H98CaN4O6S2. The minimum atomic E-state index is -4.66. The molecular weight excluding hydrogens is 1020 g/mol. The molecule has 0 aliphatic carbocycles. The van der Waals surface area contributed by atoms with Gasteiger partial charge >= 0.3 is 37.7 Å². The van der Waals surface area contributed by atoms with Crippen molar-refractivity contribution in [2.45, 2.75) is 255 Å². The van der Waals surface area contributed by atoms with E-state index in [4.69, 9.17) is 0 Å². The van der Waals surface area contributed by atoms with Gasteiger partial charge in [-0.2, -0.15) is 0 Å². The molecule has 0 fully saturated rings. The summed E-state index contributed by atoms with van der Waals surface area (Å²) in [4.78, 5) is 0.238. The third kappa shape index (κ3) is 22.2. The molecule has 0 aromatic heterocycles. The zero-order valence-corrected chi connectivity index (χ0v) is 51.6. The van der Waals surface area contributed by atoms with Gasteiger partial charge in [-0.3, -0.25) is 0 Å². The van der Waals surface area contributed by atoms with Crippen molar-refractivity contribution in [1.29, 1.82) is 0 Å². The number of rotatable bonds is 40. The summed E-state index contributed by atoms with van der Waals surface area (Å²) < 4.78 is 76.5. The van der Waals surface area contributed by atoms with Crippen LogP contribution in [0.15, 0.2) is 109 Å². The molecule has 4 aromatic rings. The van der Waals surface area contributed by atoms with E-state index in [1.54, 1.807) is 9.80 Å². The van der Waals surface area contributed by atoms with E-state index in [0.717, 1.165) is 48.2 Å². The van der Waals surface area contributed by atoms with Crippen LogP contribution in [0.25, 0.3) is 0 Å². The third-order valence-electron chi connectivity index (χ3n) is 15.9. The normalized spacial score (nSPS) is 16.7. The number of nitrogens with one attached hydrogen (secondary N) is 2. The second-order valence-corrected chi connectivity index (χ2v) is 25.2. The molecule has 10 nitrogen and oxygen atoms in total. The molecule has 77 heavy (non-hydrogen) atoms. The molecule has 13 heteroatoms. The quantitative estimate of drug-likeness (QED) is 0.0251. The van der Waals surface area contributed by atoms with Crippen LogP contribution in [0.1, 0.15) is 243 Å². The van der Waals surface area contributed by atoms with Gasteiger partial charge in [-0.1, -0.05) is 291 Å². The summed E-state index contributed by atoms with van der Waals surface area (Å²) in [5.41, 5.74) is 4.91. The maximum Gasteiger partial charge on any atom is 2.00 e. The summed E-state index contributed by atoms with van der Waals surface area (Å²) in [6, 6.07) is 34.5. The summed E-state index contributed by atoms with van der Waals surface area (Å²) in [5, 5.41) is 6.27. The molecule has 0 saturated carbocycles. The third-order valence-corrected chi connectivity index (χ3v) is 18.6. The van der Waals surface area contributed by atoms with Crippen molar-refractivity contribution in [1.82, 2.24) is 0 Å². The van der Waals surface area contributed by atoms with Crippen LogP contribution >= 0.6 is 0 Å². The van der Waals surface area contributed by atoms with Crippen molar-refractivity contribution in [3.63, 3.8) is 0 Å². The molecule has 2 heterocycles. The average Bonchev–Trinajstić information content (AvgIpc) is 3.92. The van der Waals surface area contributed by atoms with Crippen LogP contribution in [-0.2, 0) is 33.3 Å². The zero-order valence-electron chi connectivity index (χ0n) is 47.7. The summed E-state index contributed by atoms with van der Waals surface area (Å²) in [7, 11) is -9.31. The molecule has 0 amide bonds. The first kappa shape index (κ1) is 66.7.